The van der Waals surface area contributed by atoms with Crippen molar-refractivity contribution in [1.29, 1.82) is 0 Å². The van der Waals surface area contributed by atoms with Crippen molar-refractivity contribution in [2.45, 2.75) is 52.2 Å². The van der Waals surface area contributed by atoms with Gasteiger partial charge in [-0.3, -0.25) is 0 Å². The van der Waals surface area contributed by atoms with Gasteiger partial charge in [-0.05, 0) is 27.2 Å². The predicted octanol–water partition coefficient (Wildman–Crippen LogP) is 2.23. The van der Waals surface area contributed by atoms with E-state index in [1.165, 1.54) is 6.33 Å². The van der Waals surface area contributed by atoms with Gasteiger partial charge in [0.2, 0.25) is 5.88 Å². The lowest BCUT2D eigenvalue weighted by Gasteiger charge is -2.23. The van der Waals surface area contributed by atoms with E-state index in [0.29, 0.717) is 18.2 Å². The van der Waals surface area contributed by atoms with Crippen LogP contribution in [0.1, 0.15) is 40.5 Å². The van der Waals surface area contributed by atoms with Gasteiger partial charge in [0.05, 0.1) is 11.7 Å². The highest BCUT2D eigenvalue weighted by Crippen LogP contribution is 2.16. The minimum absolute atomic E-state index is 0.0796. The molecule has 0 bridgehead atoms. The van der Waals surface area contributed by atoms with Crippen LogP contribution in [0.3, 0.4) is 0 Å². The first-order chi connectivity index (χ1) is 8.43. The Balaban J connectivity index is 2.57. The second-order valence-electron chi connectivity index (χ2n) is 5.01. The monoisotopic (exact) mass is 253 g/mol. The normalized spacial score (nSPS) is 14.3. The van der Waals surface area contributed by atoms with Crippen LogP contribution in [-0.2, 0) is 0 Å². The molecule has 1 aromatic rings. The molecule has 5 heteroatoms. The SMILES string of the molecule is CCCC(C)(O)CNc1cc(OC(C)C)ncn1. The van der Waals surface area contributed by atoms with E-state index in [4.69, 9.17) is 4.74 Å². The number of anilines is 1. The molecule has 1 heterocycles. The molecule has 1 unspecified atom stereocenters. The highest BCUT2D eigenvalue weighted by atomic mass is 16.5. The zero-order valence-electron chi connectivity index (χ0n) is 11.6. The molecule has 2 N–H and O–H groups in total. The number of hydrogen-bond donors (Lipinski definition) is 2. The molecule has 5 nitrogen and oxygen atoms in total. The molecule has 1 aromatic heterocycles. The molecule has 102 valence electrons. The third kappa shape index (κ3) is 5.31. The molecule has 0 aliphatic rings. The molecular formula is C13H23N3O2. The quantitative estimate of drug-likeness (QED) is 0.780. The van der Waals surface area contributed by atoms with Crippen molar-refractivity contribution in [3.63, 3.8) is 0 Å². The summed E-state index contributed by atoms with van der Waals surface area (Å²) in [5, 5.41) is 13.2. The van der Waals surface area contributed by atoms with Crippen molar-refractivity contribution in [3.05, 3.63) is 12.4 Å². The van der Waals surface area contributed by atoms with E-state index in [-0.39, 0.29) is 6.10 Å². The van der Waals surface area contributed by atoms with Crippen molar-refractivity contribution in [3.8, 4) is 5.88 Å². The van der Waals surface area contributed by atoms with Gasteiger partial charge >= 0.3 is 0 Å². The first kappa shape index (κ1) is 14.7. The van der Waals surface area contributed by atoms with Gasteiger partial charge in [0, 0.05) is 12.6 Å². The summed E-state index contributed by atoms with van der Waals surface area (Å²) in [4.78, 5) is 8.12. The minimum atomic E-state index is -0.723. The van der Waals surface area contributed by atoms with Crippen LogP contribution >= 0.6 is 0 Å². The van der Waals surface area contributed by atoms with Crippen molar-refractivity contribution >= 4 is 5.82 Å². The van der Waals surface area contributed by atoms with Gasteiger partial charge in [0.25, 0.3) is 0 Å². The van der Waals surface area contributed by atoms with E-state index in [0.717, 1.165) is 12.8 Å². The lowest BCUT2D eigenvalue weighted by molar-refractivity contribution is 0.0636. The summed E-state index contributed by atoms with van der Waals surface area (Å²) in [6.07, 6.45) is 3.23. The van der Waals surface area contributed by atoms with E-state index < -0.39 is 5.60 Å². The number of ether oxygens (including phenoxy) is 1. The molecule has 0 saturated carbocycles. The number of aliphatic hydroxyl groups is 1. The Labute approximate surface area is 109 Å². The molecular weight excluding hydrogens is 230 g/mol. The lowest BCUT2D eigenvalue weighted by atomic mass is 10.0. The Hall–Kier alpha value is -1.36. The Morgan fingerprint density at radius 1 is 1.44 bits per heavy atom. The maximum absolute atomic E-state index is 10.1. The highest BCUT2D eigenvalue weighted by Gasteiger charge is 2.18. The van der Waals surface area contributed by atoms with E-state index in [1.807, 2.05) is 27.7 Å². The Morgan fingerprint density at radius 2 is 2.17 bits per heavy atom. The molecule has 0 aromatic carbocycles. The van der Waals surface area contributed by atoms with Gasteiger partial charge in [0.1, 0.15) is 12.1 Å². The molecule has 0 saturated heterocycles. The lowest BCUT2D eigenvalue weighted by Crippen LogP contribution is -2.33. The molecule has 1 atom stereocenters. The number of rotatable bonds is 7. The first-order valence-electron chi connectivity index (χ1n) is 6.38. The third-order valence-electron chi connectivity index (χ3n) is 2.44. The van der Waals surface area contributed by atoms with Crippen LogP contribution in [0.5, 0.6) is 5.88 Å². The Bertz CT molecular complexity index is 367. The zero-order valence-corrected chi connectivity index (χ0v) is 11.6. The average Bonchev–Trinajstić information content (AvgIpc) is 2.26. The van der Waals surface area contributed by atoms with Gasteiger partial charge in [-0.2, -0.15) is 0 Å². The number of hydrogen-bond acceptors (Lipinski definition) is 5. The number of nitrogens with one attached hydrogen (secondary N) is 1. The summed E-state index contributed by atoms with van der Waals surface area (Å²) in [5.41, 5.74) is -0.723. The second kappa shape index (κ2) is 6.54. The van der Waals surface area contributed by atoms with Gasteiger partial charge in [-0.15, -0.1) is 0 Å². The average molecular weight is 253 g/mol. The Kier molecular flexibility index (Phi) is 5.34. The first-order valence-corrected chi connectivity index (χ1v) is 6.38. The van der Waals surface area contributed by atoms with Crippen LogP contribution in [-0.4, -0.2) is 33.3 Å². The summed E-state index contributed by atoms with van der Waals surface area (Å²) in [6.45, 7) is 8.21. The van der Waals surface area contributed by atoms with E-state index in [2.05, 4.69) is 15.3 Å². The fourth-order valence-corrected chi connectivity index (χ4v) is 1.65. The van der Waals surface area contributed by atoms with Crippen LogP contribution in [0.4, 0.5) is 5.82 Å². The van der Waals surface area contributed by atoms with E-state index >= 15 is 0 Å². The van der Waals surface area contributed by atoms with E-state index in [9.17, 15) is 5.11 Å². The molecule has 0 fully saturated rings. The van der Waals surface area contributed by atoms with Gasteiger partial charge in [-0.1, -0.05) is 13.3 Å². The van der Waals surface area contributed by atoms with Crippen LogP contribution in [0.2, 0.25) is 0 Å². The Morgan fingerprint density at radius 3 is 2.78 bits per heavy atom. The molecule has 0 spiro atoms. The van der Waals surface area contributed by atoms with Crippen molar-refractivity contribution in [2.24, 2.45) is 0 Å². The fourth-order valence-electron chi connectivity index (χ4n) is 1.65. The number of nitrogens with zero attached hydrogens (tertiary/aromatic N) is 2. The van der Waals surface area contributed by atoms with Crippen LogP contribution < -0.4 is 10.1 Å². The van der Waals surface area contributed by atoms with Crippen molar-refractivity contribution < 1.29 is 9.84 Å². The molecule has 0 aliphatic heterocycles. The van der Waals surface area contributed by atoms with E-state index in [1.54, 1.807) is 6.07 Å². The minimum Gasteiger partial charge on any atom is -0.475 e. The summed E-state index contributed by atoms with van der Waals surface area (Å²) in [5.74, 6) is 1.20. The smallest absolute Gasteiger partial charge is 0.218 e. The summed E-state index contributed by atoms with van der Waals surface area (Å²) in [6, 6.07) is 1.74. The molecule has 0 aliphatic carbocycles. The zero-order chi connectivity index (χ0) is 13.6. The number of aromatic nitrogens is 2. The van der Waals surface area contributed by atoms with Crippen LogP contribution in [0.25, 0.3) is 0 Å². The molecule has 0 amide bonds. The van der Waals surface area contributed by atoms with Crippen molar-refractivity contribution in [1.82, 2.24) is 9.97 Å². The standard InChI is InChI=1S/C13H23N3O2/c1-5-6-13(4,17)8-14-11-7-12(16-9-15-11)18-10(2)3/h7,9-10,17H,5-6,8H2,1-4H3,(H,14,15,16). The predicted molar refractivity (Wildman–Crippen MR) is 71.8 cm³/mol. The molecule has 0 radical (unpaired) electrons. The van der Waals surface area contributed by atoms with Gasteiger partial charge in [0.15, 0.2) is 0 Å². The molecule has 1 rings (SSSR count). The summed E-state index contributed by atoms with van der Waals surface area (Å²) in [7, 11) is 0. The topological polar surface area (TPSA) is 67.3 Å². The van der Waals surface area contributed by atoms with Crippen molar-refractivity contribution in [2.75, 3.05) is 11.9 Å². The largest absolute Gasteiger partial charge is 0.475 e. The van der Waals surface area contributed by atoms with Crippen LogP contribution in [0.15, 0.2) is 12.4 Å². The van der Waals surface area contributed by atoms with Crippen LogP contribution in [0, 0.1) is 0 Å². The highest BCUT2D eigenvalue weighted by molar-refractivity contribution is 5.37. The summed E-state index contributed by atoms with van der Waals surface area (Å²) >= 11 is 0. The summed E-state index contributed by atoms with van der Waals surface area (Å²) < 4.78 is 5.48. The third-order valence-corrected chi connectivity index (χ3v) is 2.44. The maximum Gasteiger partial charge on any atom is 0.218 e. The maximum atomic E-state index is 10.1. The van der Waals surface area contributed by atoms with Gasteiger partial charge in [-0.25, -0.2) is 9.97 Å². The second-order valence-corrected chi connectivity index (χ2v) is 5.01. The fraction of sp³-hybridized carbons (Fsp3) is 0.692. The molecule has 18 heavy (non-hydrogen) atoms. The van der Waals surface area contributed by atoms with Gasteiger partial charge < -0.3 is 15.2 Å².